The van der Waals surface area contributed by atoms with E-state index in [4.69, 9.17) is 4.74 Å². The molecular weight excluding hydrogens is 350 g/mol. The van der Waals surface area contributed by atoms with Gasteiger partial charge in [0, 0.05) is 22.9 Å². The maximum atomic E-state index is 12.3. The molecule has 1 aliphatic rings. The largest absolute Gasteiger partial charge is 0.374 e. The number of benzene rings is 1. The lowest BCUT2D eigenvalue weighted by atomic mass is 10.2. The van der Waals surface area contributed by atoms with Crippen LogP contribution in [0.25, 0.3) is 0 Å². The summed E-state index contributed by atoms with van der Waals surface area (Å²) in [5.74, 6) is 0.0618. The molecule has 0 aromatic heterocycles. The van der Waals surface area contributed by atoms with Gasteiger partial charge in [-0.3, -0.25) is 4.79 Å². The fourth-order valence-electron chi connectivity index (χ4n) is 1.80. The molecule has 2 rings (SSSR count). The highest BCUT2D eigenvalue weighted by Crippen LogP contribution is 2.19. The number of rotatable bonds is 2. The van der Waals surface area contributed by atoms with Crippen LogP contribution in [0.3, 0.4) is 0 Å². The van der Waals surface area contributed by atoms with Crippen LogP contribution in [0.4, 0.5) is 0 Å². The van der Waals surface area contributed by atoms with E-state index in [1.54, 1.807) is 0 Å². The van der Waals surface area contributed by atoms with Crippen molar-refractivity contribution in [3.05, 3.63) is 34.3 Å². The van der Waals surface area contributed by atoms with Crippen molar-refractivity contribution in [2.45, 2.75) is 6.10 Å². The van der Waals surface area contributed by atoms with Crippen LogP contribution in [0, 0.1) is 0 Å². The number of nitrogens with zero attached hydrogens (tertiary/aromatic N) is 1. The Bertz CT molecular complexity index is 411. The minimum Gasteiger partial charge on any atom is -0.374 e. The first-order chi connectivity index (χ1) is 8.22. The molecule has 17 heavy (non-hydrogen) atoms. The van der Waals surface area contributed by atoms with Crippen LogP contribution in [0.5, 0.6) is 0 Å². The number of hydrogen-bond donors (Lipinski definition) is 0. The zero-order valence-corrected chi connectivity index (χ0v) is 12.4. The van der Waals surface area contributed by atoms with Gasteiger partial charge in [-0.25, -0.2) is 0 Å². The first kappa shape index (κ1) is 13.1. The summed E-state index contributed by atoms with van der Waals surface area (Å²) >= 11 is 6.79. The Morgan fingerprint density at radius 1 is 1.47 bits per heavy atom. The number of alkyl halides is 1. The van der Waals surface area contributed by atoms with Crippen molar-refractivity contribution in [3.63, 3.8) is 0 Å². The van der Waals surface area contributed by atoms with Gasteiger partial charge < -0.3 is 9.64 Å². The van der Waals surface area contributed by atoms with Gasteiger partial charge in [0.25, 0.3) is 5.91 Å². The smallest absolute Gasteiger partial charge is 0.255 e. The summed E-state index contributed by atoms with van der Waals surface area (Å²) in [5, 5.41) is 0.757. The van der Waals surface area contributed by atoms with Gasteiger partial charge in [0.2, 0.25) is 0 Å². The van der Waals surface area contributed by atoms with Crippen LogP contribution in [0.2, 0.25) is 0 Å². The van der Waals surface area contributed by atoms with Gasteiger partial charge >= 0.3 is 0 Å². The van der Waals surface area contributed by atoms with Crippen LogP contribution in [-0.2, 0) is 4.74 Å². The summed E-state index contributed by atoms with van der Waals surface area (Å²) in [7, 11) is 0. The second-order valence-electron chi connectivity index (χ2n) is 3.88. The number of amides is 1. The highest BCUT2D eigenvalue weighted by molar-refractivity contribution is 9.10. The first-order valence-corrected chi connectivity index (χ1v) is 7.35. The molecule has 1 aromatic rings. The van der Waals surface area contributed by atoms with E-state index in [0.717, 1.165) is 9.80 Å². The van der Waals surface area contributed by atoms with Crippen molar-refractivity contribution in [2.24, 2.45) is 0 Å². The van der Waals surface area contributed by atoms with E-state index in [9.17, 15) is 4.79 Å². The summed E-state index contributed by atoms with van der Waals surface area (Å²) in [6.07, 6.45) is 0.0928. The summed E-state index contributed by atoms with van der Waals surface area (Å²) in [4.78, 5) is 14.1. The zero-order valence-electron chi connectivity index (χ0n) is 9.23. The monoisotopic (exact) mass is 361 g/mol. The fourth-order valence-corrected chi connectivity index (χ4v) is 2.65. The molecule has 1 aliphatic heterocycles. The topological polar surface area (TPSA) is 29.5 Å². The van der Waals surface area contributed by atoms with Gasteiger partial charge in [-0.05, 0) is 28.1 Å². The number of halogens is 2. The minimum absolute atomic E-state index is 0.0618. The third-order valence-electron chi connectivity index (χ3n) is 2.70. The molecule has 1 unspecified atom stereocenters. The van der Waals surface area contributed by atoms with E-state index in [-0.39, 0.29) is 12.0 Å². The Hall–Kier alpha value is -0.390. The maximum absolute atomic E-state index is 12.3. The van der Waals surface area contributed by atoms with Crippen molar-refractivity contribution in [1.29, 1.82) is 0 Å². The number of carbonyl (C=O) groups excluding carboxylic acids is 1. The lowest BCUT2D eigenvalue weighted by molar-refractivity contribution is -0.00968. The van der Waals surface area contributed by atoms with Crippen molar-refractivity contribution >= 4 is 37.8 Å². The SMILES string of the molecule is O=C(c1ccccc1Br)N1CCOC(CBr)C1. The predicted molar refractivity (Wildman–Crippen MR) is 73.6 cm³/mol. The van der Waals surface area contributed by atoms with E-state index in [1.807, 2.05) is 29.2 Å². The molecule has 1 atom stereocenters. The molecule has 1 amide bonds. The number of morpholine rings is 1. The van der Waals surface area contributed by atoms with Gasteiger partial charge in [0.15, 0.2) is 0 Å². The molecule has 0 spiro atoms. The summed E-state index contributed by atoms with van der Waals surface area (Å²) < 4.78 is 6.36. The van der Waals surface area contributed by atoms with Gasteiger partial charge in [-0.1, -0.05) is 28.1 Å². The summed E-state index contributed by atoms with van der Waals surface area (Å²) in [6, 6.07) is 7.50. The van der Waals surface area contributed by atoms with Crippen molar-refractivity contribution in [2.75, 3.05) is 25.0 Å². The number of ether oxygens (including phenoxy) is 1. The molecule has 0 bridgehead atoms. The number of carbonyl (C=O) groups is 1. The number of hydrogen-bond acceptors (Lipinski definition) is 2. The average molecular weight is 363 g/mol. The second kappa shape index (κ2) is 5.98. The fraction of sp³-hybridized carbons (Fsp3) is 0.417. The molecule has 1 fully saturated rings. The third kappa shape index (κ3) is 3.09. The molecular formula is C12H13Br2NO2. The Kier molecular flexibility index (Phi) is 4.59. The average Bonchev–Trinajstić information content (AvgIpc) is 2.38. The molecule has 5 heteroatoms. The minimum atomic E-state index is 0.0618. The van der Waals surface area contributed by atoms with E-state index in [2.05, 4.69) is 31.9 Å². The predicted octanol–water partition coefficient (Wildman–Crippen LogP) is 2.69. The first-order valence-electron chi connectivity index (χ1n) is 5.43. The van der Waals surface area contributed by atoms with Gasteiger partial charge in [-0.2, -0.15) is 0 Å². The van der Waals surface area contributed by atoms with Gasteiger partial charge in [-0.15, -0.1) is 0 Å². The van der Waals surface area contributed by atoms with Crippen molar-refractivity contribution in [3.8, 4) is 0 Å². The van der Waals surface area contributed by atoms with Crippen LogP contribution in [0.15, 0.2) is 28.7 Å². The molecule has 1 aromatic carbocycles. The molecule has 92 valence electrons. The lowest BCUT2D eigenvalue weighted by Crippen LogP contribution is -2.46. The molecule has 1 heterocycles. The Morgan fingerprint density at radius 2 is 2.24 bits per heavy atom. The molecule has 0 aliphatic carbocycles. The molecule has 0 radical (unpaired) electrons. The standard InChI is InChI=1S/C12H13Br2NO2/c13-7-9-8-15(5-6-17-9)12(16)10-3-1-2-4-11(10)14/h1-4,9H,5-8H2. The zero-order chi connectivity index (χ0) is 12.3. The molecule has 0 N–H and O–H groups in total. The molecule has 0 saturated carbocycles. The Balaban J connectivity index is 2.12. The summed E-state index contributed by atoms with van der Waals surface area (Å²) in [6.45, 7) is 1.90. The van der Waals surface area contributed by atoms with E-state index >= 15 is 0 Å². The van der Waals surface area contributed by atoms with Crippen LogP contribution < -0.4 is 0 Å². The van der Waals surface area contributed by atoms with E-state index in [1.165, 1.54) is 0 Å². The maximum Gasteiger partial charge on any atom is 0.255 e. The van der Waals surface area contributed by atoms with Crippen LogP contribution >= 0.6 is 31.9 Å². The van der Waals surface area contributed by atoms with E-state index < -0.39 is 0 Å². The van der Waals surface area contributed by atoms with Crippen molar-refractivity contribution < 1.29 is 9.53 Å². The van der Waals surface area contributed by atoms with Crippen molar-refractivity contribution in [1.82, 2.24) is 4.90 Å². The molecule has 3 nitrogen and oxygen atoms in total. The highest BCUT2D eigenvalue weighted by Gasteiger charge is 2.25. The quantitative estimate of drug-likeness (QED) is 0.757. The third-order valence-corrected chi connectivity index (χ3v) is 4.12. The van der Waals surface area contributed by atoms with Gasteiger partial charge in [0.1, 0.15) is 0 Å². The second-order valence-corrected chi connectivity index (χ2v) is 5.38. The highest BCUT2D eigenvalue weighted by atomic mass is 79.9. The lowest BCUT2D eigenvalue weighted by Gasteiger charge is -2.32. The van der Waals surface area contributed by atoms with Crippen LogP contribution in [-0.4, -0.2) is 41.9 Å². The normalized spacial score (nSPS) is 20.4. The summed E-state index contributed by atoms with van der Waals surface area (Å²) in [5.41, 5.74) is 0.711. The van der Waals surface area contributed by atoms with Crippen LogP contribution in [0.1, 0.15) is 10.4 Å². The van der Waals surface area contributed by atoms with Gasteiger partial charge in [0.05, 0.1) is 18.3 Å². The Labute approximate surface area is 117 Å². The molecule has 1 saturated heterocycles. The van der Waals surface area contributed by atoms with E-state index in [0.29, 0.717) is 25.3 Å². The Morgan fingerprint density at radius 3 is 2.94 bits per heavy atom.